The van der Waals surface area contributed by atoms with Gasteiger partial charge in [0.1, 0.15) is 5.82 Å². The maximum absolute atomic E-state index is 13.3. The Morgan fingerprint density at radius 3 is 2.74 bits per heavy atom. The number of piperazine rings is 1. The number of nitrogens with zero attached hydrogens (tertiary/aromatic N) is 1. The van der Waals surface area contributed by atoms with Crippen LogP contribution in [0.4, 0.5) is 4.39 Å². The monoisotopic (exact) mass is 264 g/mol. The Kier molecular flexibility index (Phi) is 4.26. The fraction of sp³-hybridized carbons (Fsp3) is 0.625. The quantitative estimate of drug-likeness (QED) is 0.883. The molecular weight excluding hydrogens is 239 g/mol. The van der Waals surface area contributed by atoms with Crippen LogP contribution in [-0.4, -0.2) is 30.1 Å². The van der Waals surface area contributed by atoms with Crippen molar-refractivity contribution >= 4 is 0 Å². The molecular formula is C16H25FN2. The molecule has 1 aliphatic rings. The van der Waals surface area contributed by atoms with E-state index in [0.717, 1.165) is 25.2 Å². The minimum absolute atomic E-state index is 0.146. The smallest absolute Gasteiger partial charge is 0.123 e. The number of hydrogen-bond acceptors (Lipinski definition) is 2. The molecule has 1 aromatic rings. The van der Waals surface area contributed by atoms with Gasteiger partial charge in [0.25, 0.3) is 0 Å². The topological polar surface area (TPSA) is 15.3 Å². The highest BCUT2D eigenvalue weighted by molar-refractivity contribution is 5.16. The Morgan fingerprint density at radius 1 is 1.37 bits per heavy atom. The minimum atomic E-state index is -0.146. The van der Waals surface area contributed by atoms with Crippen molar-refractivity contribution in [2.45, 2.75) is 46.3 Å². The van der Waals surface area contributed by atoms with Gasteiger partial charge in [0, 0.05) is 31.7 Å². The van der Waals surface area contributed by atoms with Crippen LogP contribution in [0.3, 0.4) is 0 Å². The molecule has 2 unspecified atom stereocenters. The lowest BCUT2D eigenvalue weighted by Gasteiger charge is -2.44. The second-order valence-corrected chi connectivity index (χ2v) is 6.74. The van der Waals surface area contributed by atoms with E-state index in [9.17, 15) is 4.39 Å². The molecule has 1 fully saturated rings. The first-order valence-corrected chi connectivity index (χ1v) is 7.08. The molecule has 0 saturated carbocycles. The summed E-state index contributed by atoms with van der Waals surface area (Å²) in [4.78, 5) is 2.45. The molecule has 2 nitrogen and oxygen atoms in total. The van der Waals surface area contributed by atoms with Gasteiger partial charge in [0.15, 0.2) is 0 Å². The summed E-state index contributed by atoms with van der Waals surface area (Å²) in [6.07, 6.45) is 0. The molecule has 0 radical (unpaired) electrons. The van der Waals surface area contributed by atoms with Gasteiger partial charge < -0.3 is 5.32 Å². The summed E-state index contributed by atoms with van der Waals surface area (Å²) in [5, 5.41) is 3.62. The van der Waals surface area contributed by atoms with Gasteiger partial charge in [-0.15, -0.1) is 0 Å². The van der Waals surface area contributed by atoms with Crippen LogP contribution in [0.1, 0.15) is 33.3 Å². The van der Waals surface area contributed by atoms with E-state index in [-0.39, 0.29) is 11.2 Å². The summed E-state index contributed by atoms with van der Waals surface area (Å²) in [5.41, 5.74) is 1.31. The van der Waals surface area contributed by atoms with Crippen LogP contribution in [0.25, 0.3) is 0 Å². The zero-order chi connectivity index (χ0) is 14.0. The summed E-state index contributed by atoms with van der Waals surface area (Å²) >= 11 is 0. The first kappa shape index (κ1) is 14.5. The minimum Gasteiger partial charge on any atom is -0.311 e. The summed E-state index contributed by atoms with van der Waals surface area (Å²) in [7, 11) is 0. The predicted molar refractivity (Wildman–Crippen MR) is 77.5 cm³/mol. The highest BCUT2D eigenvalue weighted by atomic mass is 19.1. The number of nitrogens with one attached hydrogen (secondary N) is 1. The molecule has 19 heavy (non-hydrogen) atoms. The average molecular weight is 264 g/mol. The van der Waals surface area contributed by atoms with Gasteiger partial charge in [0.05, 0.1) is 0 Å². The van der Waals surface area contributed by atoms with Crippen LogP contribution in [0.15, 0.2) is 24.3 Å². The molecule has 2 atom stereocenters. The summed E-state index contributed by atoms with van der Waals surface area (Å²) in [6.45, 7) is 11.9. The SMILES string of the molecule is CC1CNC(C(C)(C)C)CN1Cc1cccc(F)c1. The molecule has 3 heteroatoms. The van der Waals surface area contributed by atoms with Crippen molar-refractivity contribution in [3.05, 3.63) is 35.6 Å². The Morgan fingerprint density at radius 2 is 2.11 bits per heavy atom. The van der Waals surface area contributed by atoms with Gasteiger partial charge in [-0.1, -0.05) is 32.9 Å². The lowest BCUT2D eigenvalue weighted by Crippen LogP contribution is -2.59. The van der Waals surface area contributed by atoms with Crippen LogP contribution in [0, 0.1) is 11.2 Å². The van der Waals surface area contributed by atoms with Crippen molar-refractivity contribution < 1.29 is 4.39 Å². The summed E-state index contributed by atoms with van der Waals surface area (Å²) < 4.78 is 13.3. The van der Waals surface area contributed by atoms with Gasteiger partial charge >= 0.3 is 0 Å². The van der Waals surface area contributed by atoms with Crippen molar-refractivity contribution in [3.8, 4) is 0 Å². The molecule has 0 aromatic heterocycles. The number of hydrogen-bond donors (Lipinski definition) is 1. The standard InChI is InChI=1S/C16H25FN2/c1-12-9-18-15(16(2,3)4)11-19(12)10-13-6-5-7-14(17)8-13/h5-8,12,15,18H,9-11H2,1-4H3. The van der Waals surface area contributed by atoms with E-state index < -0.39 is 0 Å². The van der Waals surface area contributed by atoms with Crippen molar-refractivity contribution in [2.24, 2.45) is 5.41 Å². The first-order chi connectivity index (χ1) is 8.86. The molecule has 1 aromatic carbocycles. The Balaban J connectivity index is 2.05. The molecule has 0 aliphatic carbocycles. The summed E-state index contributed by atoms with van der Waals surface area (Å²) in [5.74, 6) is -0.146. The van der Waals surface area contributed by atoms with Gasteiger partial charge in [-0.3, -0.25) is 4.90 Å². The van der Waals surface area contributed by atoms with Crippen molar-refractivity contribution in [2.75, 3.05) is 13.1 Å². The summed E-state index contributed by atoms with van der Waals surface area (Å²) in [6, 6.07) is 7.91. The third kappa shape index (κ3) is 3.77. The number of rotatable bonds is 2. The van der Waals surface area contributed by atoms with E-state index in [1.165, 1.54) is 6.07 Å². The van der Waals surface area contributed by atoms with E-state index in [0.29, 0.717) is 12.1 Å². The van der Waals surface area contributed by atoms with Crippen molar-refractivity contribution in [1.29, 1.82) is 0 Å². The predicted octanol–water partition coefficient (Wildman–Crippen LogP) is 3.03. The third-order valence-electron chi connectivity index (χ3n) is 4.02. The zero-order valence-electron chi connectivity index (χ0n) is 12.4. The largest absolute Gasteiger partial charge is 0.311 e. The molecule has 1 heterocycles. The Hall–Kier alpha value is -0.930. The normalized spacial score (nSPS) is 25.5. The molecule has 0 bridgehead atoms. The van der Waals surface area contributed by atoms with Gasteiger partial charge in [0.2, 0.25) is 0 Å². The molecule has 0 amide bonds. The highest BCUT2D eigenvalue weighted by Gasteiger charge is 2.32. The van der Waals surface area contributed by atoms with Crippen molar-refractivity contribution in [3.63, 3.8) is 0 Å². The molecule has 106 valence electrons. The van der Waals surface area contributed by atoms with Crippen LogP contribution < -0.4 is 5.32 Å². The maximum atomic E-state index is 13.3. The molecule has 1 saturated heterocycles. The molecule has 0 spiro atoms. The fourth-order valence-corrected chi connectivity index (χ4v) is 2.59. The second kappa shape index (κ2) is 5.59. The number of benzene rings is 1. The highest BCUT2D eigenvalue weighted by Crippen LogP contribution is 2.24. The second-order valence-electron chi connectivity index (χ2n) is 6.74. The molecule has 2 rings (SSSR count). The van der Waals surface area contributed by atoms with Crippen LogP contribution in [-0.2, 0) is 6.54 Å². The van der Waals surface area contributed by atoms with E-state index in [1.807, 2.05) is 6.07 Å². The van der Waals surface area contributed by atoms with E-state index in [2.05, 4.69) is 37.9 Å². The van der Waals surface area contributed by atoms with Gasteiger partial charge in [-0.05, 0) is 30.0 Å². The van der Waals surface area contributed by atoms with E-state index >= 15 is 0 Å². The molecule has 1 aliphatic heterocycles. The Labute approximate surface area is 116 Å². The molecule has 1 N–H and O–H groups in total. The van der Waals surface area contributed by atoms with E-state index in [1.54, 1.807) is 12.1 Å². The van der Waals surface area contributed by atoms with Crippen molar-refractivity contribution in [1.82, 2.24) is 10.2 Å². The van der Waals surface area contributed by atoms with Crippen LogP contribution in [0.5, 0.6) is 0 Å². The van der Waals surface area contributed by atoms with Crippen LogP contribution >= 0.6 is 0 Å². The maximum Gasteiger partial charge on any atom is 0.123 e. The lowest BCUT2D eigenvalue weighted by atomic mass is 9.84. The van der Waals surface area contributed by atoms with E-state index in [4.69, 9.17) is 0 Å². The fourth-order valence-electron chi connectivity index (χ4n) is 2.59. The third-order valence-corrected chi connectivity index (χ3v) is 4.02. The first-order valence-electron chi connectivity index (χ1n) is 7.08. The van der Waals surface area contributed by atoms with Gasteiger partial charge in [-0.25, -0.2) is 4.39 Å². The van der Waals surface area contributed by atoms with Gasteiger partial charge in [-0.2, -0.15) is 0 Å². The Bertz CT molecular complexity index is 425. The van der Waals surface area contributed by atoms with Crippen LogP contribution in [0.2, 0.25) is 0 Å². The number of halogens is 1. The average Bonchev–Trinajstić information content (AvgIpc) is 2.30. The zero-order valence-corrected chi connectivity index (χ0v) is 12.4. The lowest BCUT2D eigenvalue weighted by molar-refractivity contribution is 0.0876.